The lowest BCUT2D eigenvalue weighted by Gasteiger charge is -2.09. The molecule has 8 heavy (non-hydrogen) atoms. The predicted molar refractivity (Wildman–Crippen MR) is 27.9 cm³/mol. The third-order valence-electron chi connectivity index (χ3n) is 0.901. The molecule has 0 aromatic rings. The van der Waals surface area contributed by atoms with E-state index in [1.807, 2.05) is 0 Å². The molecule has 0 saturated carbocycles. The van der Waals surface area contributed by atoms with Crippen LogP contribution in [-0.4, -0.2) is 12.9 Å². The van der Waals surface area contributed by atoms with E-state index >= 15 is 0 Å². The Morgan fingerprint density at radius 1 is 1.88 bits per heavy atom. The van der Waals surface area contributed by atoms with E-state index in [9.17, 15) is 4.79 Å². The average Bonchev–Trinajstić information content (AvgIpc) is 1.90. The van der Waals surface area contributed by atoms with Gasteiger partial charge in [0.1, 0.15) is 0 Å². The second kappa shape index (κ2) is 2.47. The van der Waals surface area contributed by atoms with Gasteiger partial charge in [-0.15, -0.1) is 0 Å². The van der Waals surface area contributed by atoms with Crippen LogP contribution in [0.15, 0.2) is 11.8 Å². The first kappa shape index (κ1) is 5.31. The zero-order valence-corrected chi connectivity index (χ0v) is 4.39. The first-order chi connectivity index (χ1) is 3.93. The van der Waals surface area contributed by atoms with Crippen LogP contribution in [0.3, 0.4) is 0 Å². The van der Waals surface area contributed by atoms with E-state index in [1.165, 1.54) is 0 Å². The normalized spacial score (nSPS) is 18.8. The number of allylic oxidation sites excluding steroid dienone is 1. The van der Waals surface area contributed by atoms with Crippen LogP contribution in [-0.2, 0) is 9.63 Å². The van der Waals surface area contributed by atoms with Gasteiger partial charge in [-0.1, -0.05) is 6.08 Å². The van der Waals surface area contributed by atoms with Gasteiger partial charge in [-0.05, 0) is 6.42 Å². The molecule has 1 aliphatic heterocycles. The van der Waals surface area contributed by atoms with Gasteiger partial charge in [0.05, 0.1) is 12.3 Å². The van der Waals surface area contributed by atoms with Crippen molar-refractivity contribution in [3.8, 4) is 0 Å². The van der Waals surface area contributed by atoms with Crippen LogP contribution in [0.25, 0.3) is 0 Å². The number of rotatable bonds is 1. The van der Waals surface area contributed by atoms with Crippen molar-refractivity contribution in [1.82, 2.24) is 5.48 Å². The van der Waals surface area contributed by atoms with Crippen LogP contribution < -0.4 is 5.48 Å². The van der Waals surface area contributed by atoms with Crippen molar-refractivity contribution in [2.45, 2.75) is 6.42 Å². The Balaban J connectivity index is 2.49. The third kappa shape index (κ3) is 1.07. The zero-order chi connectivity index (χ0) is 5.82. The smallest absolute Gasteiger partial charge is 0.167 e. The molecule has 0 atom stereocenters. The molecule has 0 spiro atoms. The minimum Gasteiger partial charge on any atom is -0.296 e. The molecule has 3 heteroatoms. The fourth-order valence-corrected chi connectivity index (χ4v) is 0.522. The monoisotopic (exact) mass is 113 g/mol. The van der Waals surface area contributed by atoms with Gasteiger partial charge in [-0.3, -0.25) is 15.1 Å². The Kier molecular flexibility index (Phi) is 1.64. The lowest BCUT2D eigenvalue weighted by atomic mass is 10.3. The van der Waals surface area contributed by atoms with E-state index in [0.29, 0.717) is 12.3 Å². The van der Waals surface area contributed by atoms with Crippen LogP contribution in [0.1, 0.15) is 6.42 Å². The first-order valence-electron chi connectivity index (χ1n) is 2.46. The van der Waals surface area contributed by atoms with E-state index in [1.54, 1.807) is 6.08 Å². The number of hydroxylamine groups is 1. The Morgan fingerprint density at radius 3 is 3.12 bits per heavy atom. The number of carbonyl (C=O) groups excluding carboxylic acids is 1. The number of carbonyl (C=O) groups is 1. The fourth-order valence-electron chi connectivity index (χ4n) is 0.522. The Labute approximate surface area is 47.3 Å². The summed E-state index contributed by atoms with van der Waals surface area (Å²) in [6.07, 6.45) is 3.36. The molecule has 1 N–H and O–H groups in total. The van der Waals surface area contributed by atoms with E-state index in [4.69, 9.17) is 4.84 Å². The van der Waals surface area contributed by atoms with Crippen molar-refractivity contribution >= 4 is 6.29 Å². The molecule has 0 unspecified atom stereocenters. The first-order valence-corrected chi connectivity index (χ1v) is 2.46. The highest BCUT2D eigenvalue weighted by molar-refractivity contribution is 5.71. The molecule has 0 aliphatic carbocycles. The molecule has 0 fully saturated rings. The van der Waals surface area contributed by atoms with Crippen LogP contribution in [0.4, 0.5) is 0 Å². The summed E-state index contributed by atoms with van der Waals surface area (Å²) in [4.78, 5) is 14.7. The van der Waals surface area contributed by atoms with Gasteiger partial charge >= 0.3 is 0 Å². The quantitative estimate of drug-likeness (QED) is 0.486. The summed E-state index contributed by atoms with van der Waals surface area (Å²) in [5.41, 5.74) is 2.99. The standard InChI is InChI=1S/C5H7NO2/c7-4-5-2-1-3-8-6-5/h2,4,6H,1,3H2. The second-order valence-electron chi connectivity index (χ2n) is 1.52. The summed E-state index contributed by atoms with van der Waals surface area (Å²) < 4.78 is 0. The maximum Gasteiger partial charge on any atom is 0.167 e. The molecule has 3 nitrogen and oxygen atoms in total. The van der Waals surface area contributed by atoms with Gasteiger partial charge in [-0.25, -0.2) is 0 Å². The molecule has 1 rings (SSSR count). The van der Waals surface area contributed by atoms with Gasteiger partial charge in [0.2, 0.25) is 0 Å². The van der Waals surface area contributed by atoms with E-state index in [2.05, 4.69) is 5.48 Å². The van der Waals surface area contributed by atoms with Gasteiger partial charge in [0, 0.05) is 0 Å². The van der Waals surface area contributed by atoms with Crippen molar-refractivity contribution in [2.24, 2.45) is 0 Å². The Bertz CT molecular complexity index is 120. The van der Waals surface area contributed by atoms with Crippen molar-refractivity contribution < 1.29 is 9.63 Å². The van der Waals surface area contributed by atoms with E-state index < -0.39 is 0 Å². The average molecular weight is 113 g/mol. The number of nitrogens with one attached hydrogen (secondary N) is 1. The lowest BCUT2D eigenvalue weighted by Crippen LogP contribution is -2.19. The lowest BCUT2D eigenvalue weighted by molar-refractivity contribution is -0.106. The minimum atomic E-state index is 0.524. The number of hydrogen-bond donors (Lipinski definition) is 1. The summed E-state index contributed by atoms with van der Waals surface area (Å²) in [6.45, 7) is 0.650. The van der Waals surface area contributed by atoms with Crippen molar-refractivity contribution in [3.63, 3.8) is 0 Å². The van der Waals surface area contributed by atoms with Crippen molar-refractivity contribution in [3.05, 3.63) is 11.8 Å². The van der Waals surface area contributed by atoms with Crippen LogP contribution in [0.5, 0.6) is 0 Å². The van der Waals surface area contributed by atoms with Gasteiger partial charge in [0.25, 0.3) is 0 Å². The van der Waals surface area contributed by atoms with Crippen LogP contribution in [0.2, 0.25) is 0 Å². The molecule has 0 aromatic heterocycles. The predicted octanol–water partition coefficient (Wildman–Crippen LogP) is -0.00590. The molecule has 0 saturated heterocycles. The highest BCUT2D eigenvalue weighted by Gasteiger charge is 1.97. The summed E-state index contributed by atoms with van der Waals surface area (Å²) >= 11 is 0. The maximum atomic E-state index is 9.95. The highest BCUT2D eigenvalue weighted by Crippen LogP contribution is 1.95. The van der Waals surface area contributed by atoms with Crippen molar-refractivity contribution in [1.29, 1.82) is 0 Å². The van der Waals surface area contributed by atoms with Crippen molar-refractivity contribution in [2.75, 3.05) is 6.61 Å². The topological polar surface area (TPSA) is 38.3 Å². The molecule has 1 heterocycles. The largest absolute Gasteiger partial charge is 0.296 e. The summed E-state index contributed by atoms with van der Waals surface area (Å²) in [5.74, 6) is 0. The van der Waals surface area contributed by atoms with Crippen LogP contribution in [0, 0.1) is 0 Å². The summed E-state index contributed by atoms with van der Waals surface area (Å²) in [7, 11) is 0. The number of aldehydes is 1. The molecule has 0 bridgehead atoms. The van der Waals surface area contributed by atoms with Gasteiger partial charge in [0.15, 0.2) is 6.29 Å². The van der Waals surface area contributed by atoms with E-state index in [0.717, 1.165) is 12.7 Å². The third-order valence-corrected chi connectivity index (χ3v) is 0.901. The van der Waals surface area contributed by atoms with Crippen LogP contribution >= 0.6 is 0 Å². The Morgan fingerprint density at radius 2 is 2.75 bits per heavy atom. The summed E-state index contributed by atoms with van der Waals surface area (Å²) in [6, 6.07) is 0. The number of hydrogen-bond acceptors (Lipinski definition) is 3. The minimum absolute atomic E-state index is 0.524. The molecular formula is C5H7NO2. The molecule has 44 valence electrons. The maximum absolute atomic E-state index is 9.95. The second-order valence-corrected chi connectivity index (χ2v) is 1.52. The fraction of sp³-hybridized carbons (Fsp3) is 0.400. The molecule has 0 aromatic carbocycles. The van der Waals surface area contributed by atoms with E-state index in [-0.39, 0.29) is 0 Å². The van der Waals surface area contributed by atoms with Gasteiger partial charge in [-0.2, -0.15) is 0 Å². The molecule has 0 amide bonds. The summed E-state index contributed by atoms with van der Waals surface area (Å²) in [5, 5.41) is 0. The molecule has 0 radical (unpaired) electrons. The SMILES string of the molecule is O=CC1=CCCON1. The highest BCUT2D eigenvalue weighted by atomic mass is 16.6. The molecule has 1 aliphatic rings. The Hall–Kier alpha value is -0.830. The molecular weight excluding hydrogens is 106 g/mol. The van der Waals surface area contributed by atoms with Gasteiger partial charge < -0.3 is 0 Å². The zero-order valence-electron chi connectivity index (χ0n) is 4.39.